The summed E-state index contributed by atoms with van der Waals surface area (Å²) >= 11 is 6.01. The van der Waals surface area contributed by atoms with E-state index >= 15 is 0 Å². The van der Waals surface area contributed by atoms with Crippen molar-refractivity contribution < 1.29 is 4.79 Å². The molecule has 1 aromatic heterocycles. The van der Waals surface area contributed by atoms with Gasteiger partial charge in [0.15, 0.2) is 0 Å². The van der Waals surface area contributed by atoms with Crippen molar-refractivity contribution in [1.29, 1.82) is 0 Å². The summed E-state index contributed by atoms with van der Waals surface area (Å²) in [7, 11) is 0. The molecule has 2 aromatic rings. The molecule has 0 saturated carbocycles. The Balaban J connectivity index is 1.45. The quantitative estimate of drug-likeness (QED) is 0.826. The number of carbonyl (C=O) groups is 1. The molecule has 132 valence electrons. The molecule has 1 fully saturated rings. The molecule has 0 unspecified atom stereocenters. The molecule has 0 radical (unpaired) electrons. The third-order valence-electron chi connectivity index (χ3n) is 4.19. The van der Waals surface area contributed by atoms with Crippen molar-refractivity contribution in [2.45, 2.75) is 13.5 Å². The van der Waals surface area contributed by atoms with Crippen LogP contribution in [0.1, 0.15) is 11.4 Å². The van der Waals surface area contributed by atoms with Crippen LogP contribution in [0, 0.1) is 6.92 Å². The number of rotatable bonds is 5. The molecule has 0 bridgehead atoms. The van der Waals surface area contributed by atoms with E-state index in [1.165, 1.54) is 0 Å². The summed E-state index contributed by atoms with van der Waals surface area (Å²) in [5, 5.41) is 3.43. The number of aryl methyl sites for hydroxylation is 1. The van der Waals surface area contributed by atoms with Crippen LogP contribution in [0.3, 0.4) is 0 Å². The molecule has 2 heterocycles. The Kier molecular flexibility index (Phi) is 5.83. The van der Waals surface area contributed by atoms with Gasteiger partial charge in [0.2, 0.25) is 5.91 Å². The first-order valence-corrected chi connectivity index (χ1v) is 8.77. The number of hydrogen-bond acceptors (Lipinski definition) is 5. The maximum Gasteiger partial charge on any atom is 0.234 e. The van der Waals surface area contributed by atoms with Gasteiger partial charge in [-0.1, -0.05) is 41.9 Å². The molecule has 1 amide bonds. The van der Waals surface area contributed by atoms with Gasteiger partial charge in [0.25, 0.3) is 0 Å². The normalized spacial score (nSPS) is 15.2. The summed E-state index contributed by atoms with van der Waals surface area (Å²) in [5.74, 6) is 1.58. The summed E-state index contributed by atoms with van der Waals surface area (Å²) in [5.41, 5.74) is 1.11. The van der Waals surface area contributed by atoms with Crippen molar-refractivity contribution >= 4 is 23.3 Å². The Morgan fingerprint density at radius 2 is 1.88 bits per heavy atom. The van der Waals surface area contributed by atoms with Crippen LogP contribution in [-0.2, 0) is 11.3 Å². The van der Waals surface area contributed by atoms with E-state index in [-0.39, 0.29) is 5.91 Å². The Labute approximate surface area is 152 Å². The largest absolute Gasteiger partial charge is 0.354 e. The van der Waals surface area contributed by atoms with E-state index in [0.717, 1.165) is 37.6 Å². The lowest BCUT2D eigenvalue weighted by Crippen LogP contribution is -2.49. The fourth-order valence-electron chi connectivity index (χ4n) is 2.87. The van der Waals surface area contributed by atoms with E-state index in [4.69, 9.17) is 11.6 Å². The second-order valence-corrected chi connectivity index (χ2v) is 6.51. The third-order valence-corrected chi connectivity index (χ3v) is 4.38. The Morgan fingerprint density at radius 1 is 1.16 bits per heavy atom. The van der Waals surface area contributed by atoms with E-state index in [9.17, 15) is 4.79 Å². The number of halogens is 1. The first-order valence-electron chi connectivity index (χ1n) is 8.39. The van der Waals surface area contributed by atoms with Crippen LogP contribution in [0.15, 0.2) is 36.4 Å². The van der Waals surface area contributed by atoms with Gasteiger partial charge in [-0.15, -0.1) is 0 Å². The van der Waals surface area contributed by atoms with Gasteiger partial charge in [-0.3, -0.25) is 9.69 Å². The van der Waals surface area contributed by atoms with Crippen LogP contribution in [0.25, 0.3) is 0 Å². The highest BCUT2D eigenvalue weighted by Crippen LogP contribution is 2.17. The fraction of sp³-hybridized carbons (Fsp3) is 0.389. The second kappa shape index (κ2) is 8.27. The topological polar surface area (TPSA) is 61.4 Å². The Hall–Kier alpha value is -2.18. The molecule has 1 aliphatic rings. The standard InChI is InChI=1S/C18H22ClN5O/c1-14-21-16(19)11-17(22-14)24-9-7-23(8-10-24)13-18(25)20-12-15-5-3-2-4-6-15/h2-6,11H,7-10,12-13H2,1H3,(H,20,25). The van der Waals surface area contributed by atoms with Crippen LogP contribution in [0.2, 0.25) is 5.15 Å². The molecule has 1 saturated heterocycles. The van der Waals surface area contributed by atoms with Crippen LogP contribution in [0.4, 0.5) is 5.82 Å². The average Bonchev–Trinajstić information content (AvgIpc) is 2.61. The lowest BCUT2D eigenvalue weighted by molar-refractivity contribution is -0.122. The van der Waals surface area contributed by atoms with Gasteiger partial charge >= 0.3 is 0 Å². The predicted molar refractivity (Wildman–Crippen MR) is 98.7 cm³/mol. The monoisotopic (exact) mass is 359 g/mol. The van der Waals surface area contributed by atoms with E-state index in [1.54, 1.807) is 6.07 Å². The van der Waals surface area contributed by atoms with E-state index < -0.39 is 0 Å². The number of anilines is 1. The van der Waals surface area contributed by atoms with Crippen molar-refractivity contribution in [2.24, 2.45) is 0 Å². The van der Waals surface area contributed by atoms with Crippen molar-refractivity contribution in [1.82, 2.24) is 20.2 Å². The van der Waals surface area contributed by atoms with Gasteiger partial charge in [0, 0.05) is 38.8 Å². The molecule has 25 heavy (non-hydrogen) atoms. The molecule has 0 spiro atoms. The smallest absolute Gasteiger partial charge is 0.234 e. The minimum atomic E-state index is 0.0539. The number of hydrogen-bond donors (Lipinski definition) is 1. The summed E-state index contributed by atoms with van der Waals surface area (Å²) in [6.45, 7) is 6.10. The summed E-state index contributed by atoms with van der Waals surface area (Å²) in [4.78, 5) is 25.0. The van der Waals surface area contributed by atoms with Crippen LogP contribution >= 0.6 is 11.6 Å². The Morgan fingerprint density at radius 3 is 2.56 bits per heavy atom. The molecule has 0 aliphatic carbocycles. The van der Waals surface area contributed by atoms with Crippen molar-refractivity contribution in [3.63, 3.8) is 0 Å². The van der Waals surface area contributed by atoms with Gasteiger partial charge in [-0.25, -0.2) is 9.97 Å². The maximum absolute atomic E-state index is 12.1. The molecule has 1 aromatic carbocycles. The first-order chi connectivity index (χ1) is 12.1. The molecular formula is C18H22ClN5O. The highest BCUT2D eigenvalue weighted by Gasteiger charge is 2.20. The first kappa shape index (κ1) is 17.6. The van der Waals surface area contributed by atoms with E-state index in [0.29, 0.717) is 24.1 Å². The minimum Gasteiger partial charge on any atom is -0.354 e. The summed E-state index contributed by atoms with van der Waals surface area (Å²) in [6, 6.07) is 11.7. The summed E-state index contributed by atoms with van der Waals surface area (Å²) < 4.78 is 0. The third kappa shape index (κ3) is 5.14. The van der Waals surface area contributed by atoms with Crippen molar-refractivity contribution in [2.75, 3.05) is 37.6 Å². The number of carbonyl (C=O) groups excluding carboxylic acids is 1. The van der Waals surface area contributed by atoms with Crippen LogP contribution in [0.5, 0.6) is 0 Å². The molecule has 7 heteroatoms. The molecule has 0 atom stereocenters. The van der Waals surface area contributed by atoms with Crippen molar-refractivity contribution in [3.8, 4) is 0 Å². The molecule has 1 aliphatic heterocycles. The number of amides is 1. The lowest BCUT2D eigenvalue weighted by Gasteiger charge is -2.35. The maximum atomic E-state index is 12.1. The molecule has 1 N–H and O–H groups in total. The molecular weight excluding hydrogens is 338 g/mol. The lowest BCUT2D eigenvalue weighted by atomic mass is 10.2. The second-order valence-electron chi connectivity index (χ2n) is 6.12. The van der Waals surface area contributed by atoms with Gasteiger partial charge in [-0.05, 0) is 12.5 Å². The highest BCUT2D eigenvalue weighted by atomic mass is 35.5. The predicted octanol–water partition coefficient (Wildman–Crippen LogP) is 1.88. The minimum absolute atomic E-state index is 0.0539. The van der Waals surface area contributed by atoms with Crippen molar-refractivity contribution in [3.05, 3.63) is 52.9 Å². The van der Waals surface area contributed by atoms with E-state index in [2.05, 4.69) is 25.1 Å². The Bertz CT molecular complexity index is 696. The number of benzene rings is 1. The summed E-state index contributed by atoms with van der Waals surface area (Å²) in [6.07, 6.45) is 0. The highest BCUT2D eigenvalue weighted by molar-refractivity contribution is 6.29. The molecule has 3 rings (SSSR count). The van der Waals surface area contributed by atoms with Gasteiger partial charge in [-0.2, -0.15) is 0 Å². The number of piperazine rings is 1. The zero-order chi connectivity index (χ0) is 17.6. The van der Waals surface area contributed by atoms with E-state index in [1.807, 2.05) is 37.3 Å². The molecule has 6 nitrogen and oxygen atoms in total. The van der Waals surface area contributed by atoms with Gasteiger partial charge < -0.3 is 10.2 Å². The number of nitrogens with zero attached hydrogens (tertiary/aromatic N) is 4. The van der Waals surface area contributed by atoms with Gasteiger partial charge in [0.1, 0.15) is 16.8 Å². The fourth-order valence-corrected chi connectivity index (χ4v) is 3.09. The zero-order valence-electron chi connectivity index (χ0n) is 14.3. The number of nitrogens with one attached hydrogen (secondary N) is 1. The zero-order valence-corrected chi connectivity index (χ0v) is 15.0. The van der Waals surface area contributed by atoms with Gasteiger partial charge in [0.05, 0.1) is 6.54 Å². The van der Waals surface area contributed by atoms with Crippen LogP contribution in [-0.4, -0.2) is 53.5 Å². The SMILES string of the molecule is Cc1nc(Cl)cc(N2CCN(CC(=O)NCc3ccccc3)CC2)n1. The average molecular weight is 360 g/mol. The van der Waals surface area contributed by atoms with Crippen LogP contribution < -0.4 is 10.2 Å². The number of aromatic nitrogens is 2.